The number of non-ortho nitro benzene ring substituents is 1. The van der Waals surface area contributed by atoms with Gasteiger partial charge in [-0.15, -0.1) is 0 Å². The van der Waals surface area contributed by atoms with Crippen LogP contribution in [0.5, 0.6) is 5.75 Å². The second kappa shape index (κ2) is 11.9. The van der Waals surface area contributed by atoms with Gasteiger partial charge in [0.15, 0.2) is 0 Å². The zero-order valence-electron chi connectivity index (χ0n) is 22.2. The maximum atomic E-state index is 13.2. The lowest BCUT2D eigenvalue weighted by Crippen LogP contribution is -2.32. The molecule has 0 aromatic heterocycles. The van der Waals surface area contributed by atoms with Crippen molar-refractivity contribution in [1.29, 1.82) is 0 Å². The molecule has 1 saturated heterocycles. The number of nitro benzene ring substituents is 1. The fourth-order valence-electron chi connectivity index (χ4n) is 4.66. The zero-order chi connectivity index (χ0) is 28.1. The Bertz CT molecular complexity index is 1410. The van der Waals surface area contributed by atoms with E-state index in [0.29, 0.717) is 36.4 Å². The summed E-state index contributed by atoms with van der Waals surface area (Å²) in [6.45, 7) is 3.30. The number of aryl methyl sites for hydroxylation is 1. The van der Waals surface area contributed by atoms with Gasteiger partial charge in [0.05, 0.1) is 16.5 Å². The molecule has 1 heterocycles. The average molecular weight is 530 g/mol. The first-order valence-corrected chi connectivity index (χ1v) is 12.6. The van der Waals surface area contributed by atoms with E-state index in [4.69, 9.17) is 4.74 Å². The largest absolute Gasteiger partial charge is 0.507 e. The van der Waals surface area contributed by atoms with Crippen LogP contribution >= 0.6 is 0 Å². The van der Waals surface area contributed by atoms with Crippen LogP contribution in [0.4, 0.5) is 5.69 Å². The second-order valence-corrected chi connectivity index (χ2v) is 9.80. The van der Waals surface area contributed by atoms with Crippen molar-refractivity contribution in [3.05, 3.63) is 111 Å². The number of aliphatic hydroxyl groups excluding tert-OH is 1. The van der Waals surface area contributed by atoms with Gasteiger partial charge in [0, 0.05) is 24.2 Å². The summed E-state index contributed by atoms with van der Waals surface area (Å²) in [4.78, 5) is 40.5. The van der Waals surface area contributed by atoms with E-state index in [1.807, 2.05) is 50.2 Å². The fraction of sp³-hybridized carbons (Fsp3) is 0.267. The minimum atomic E-state index is -0.954. The maximum absolute atomic E-state index is 13.2. The number of ether oxygens (including phenoxy) is 1. The van der Waals surface area contributed by atoms with Crippen LogP contribution in [0.15, 0.2) is 78.4 Å². The number of amides is 1. The normalized spacial score (nSPS) is 16.6. The molecular formula is C30H31N3O6. The number of likely N-dealkylation sites (tertiary alicyclic amines) is 1. The van der Waals surface area contributed by atoms with Gasteiger partial charge >= 0.3 is 0 Å². The molecule has 0 spiro atoms. The van der Waals surface area contributed by atoms with E-state index < -0.39 is 22.7 Å². The van der Waals surface area contributed by atoms with Gasteiger partial charge in [-0.2, -0.15) is 0 Å². The summed E-state index contributed by atoms with van der Waals surface area (Å²) >= 11 is 0. The van der Waals surface area contributed by atoms with E-state index >= 15 is 0 Å². The highest BCUT2D eigenvalue weighted by atomic mass is 16.6. The van der Waals surface area contributed by atoms with Gasteiger partial charge in [0.1, 0.15) is 18.1 Å². The Balaban J connectivity index is 1.66. The van der Waals surface area contributed by atoms with Gasteiger partial charge in [-0.3, -0.25) is 19.7 Å². The number of benzene rings is 3. The van der Waals surface area contributed by atoms with Crippen LogP contribution in [-0.2, 0) is 16.2 Å². The van der Waals surface area contributed by atoms with Crippen molar-refractivity contribution in [2.24, 2.45) is 0 Å². The highest BCUT2D eigenvalue weighted by Gasteiger charge is 2.46. The Morgan fingerprint density at radius 3 is 2.44 bits per heavy atom. The van der Waals surface area contributed by atoms with Crippen molar-refractivity contribution in [3.8, 4) is 5.75 Å². The molecule has 0 unspecified atom stereocenters. The molecule has 0 bridgehead atoms. The quantitative estimate of drug-likeness (QED) is 0.131. The highest BCUT2D eigenvalue weighted by molar-refractivity contribution is 6.46. The van der Waals surface area contributed by atoms with E-state index in [1.54, 1.807) is 30.3 Å². The van der Waals surface area contributed by atoms with Gasteiger partial charge in [-0.05, 0) is 69.4 Å². The van der Waals surface area contributed by atoms with E-state index in [-0.39, 0.29) is 23.6 Å². The number of nitrogens with zero attached hydrogens (tertiary/aromatic N) is 3. The first kappa shape index (κ1) is 27.5. The summed E-state index contributed by atoms with van der Waals surface area (Å²) in [5.74, 6) is -1.34. The van der Waals surface area contributed by atoms with Gasteiger partial charge < -0.3 is 19.6 Å². The first-order valence-electron chi connectivity index (χ1n) is 12.6. The molecule has 1 aliphatic rings. The molecule has 1 fully saturated rings. The molecule has 3 aromatic rings. The summed E-state index contributed by atoms with van der Waals surface area (Å²) < 4.78 is 5.86. The maximum Gasteiger partial charge on any atom is 0.295 e. The van der Waals surface area contributed by atoms with E-state index in [9.17, 15) is 24.8 Å². The zero-order valence-corrected chi connectivity index (χ0v) is 22.2. The number of ketones is 1. The van der Waals surface area contributed by atoms with E-state index in [2.05, 4.69) is 0 Å². The molecule has 39 heavy (non-hydrogen) atoms. The molecule has 0 radical (unpaired) electrons. The number of carbonyl (C=O) groups excluding carboxylic acids is 2. The van der Waals surface area contributed by atoms with Crippen LogP contribution in [0, 0.1) is 17.0 Å². The lowest BCUT2D eigenvalue weighted by atomic mass is 9.95. The number of rotatable bonds is 10. The Morgan fingerprint density at radius 1 is 1.05 bits per heavy atom. The molecule has 9 nitrogen and oxygen atoms in total. The molecule has 0 saturated carbocycles. The van der Waals surface area contributed by atoms with E-state index in [0.717, 1.165) is 11.1 Å². The Morgan fingerprint density at radius 2 is 1.77 bits per heavy atom. The van der Waals surface area contributed by atoms with Gasteiger partial charge in [0.25, 0.3) is 17.4 Å². The molecule has 1 atom stereocenters. The summed E-state index contributed by atoms with van der Waals surface area (Å²) in [7, 11) is 3.81. The van der Waals surface area contributed by atoms with Crippen molar-refractivity contribution in [2.45, 2.75) is 26.0 Å². The summed E-state index contributed by atoms with van der Waals surface area (Å²) in [5, 5.41) is 22.7. The third kappa shape index (κ3) is 6.32. The first-order chi connectivity index (χ1) is 18.7. The van der Waals surface area contributed by atoms with Crippen LogP contribution < -0.4 is 4.74 Å². The SMILES string of the molecule is Cc1cccc(COc2ccc(C(O)=C3C(=O)C(=O)N(CCCN(C)C)[C@@H]3c3cccc([N+](=O)[O-])c3)cc2)c1. The number of nitro groups is 1. The monoisotopic (exact) mass is 529 g/mol. The van der Waals surface area contributed by atoms with Crippen LogP contribution in [0.3, 0.4) is 0 Å². The van der Waals surface area contributed by atoms with Crippen molar-refractivity contribution in [3.63, 3.8) is 0 Å². The van der Waals surface area contributed by atoms with Crippen LogP contribution in [0.1, 0.15) is 34.7 Å². The second-order valence-electron chi connectivity index (χ2n) is 9.80. The topological polar surface area (TPSA) is 113 Å². The smallest absolute Gasteiger partial charge is 0.295 e. The Labute approximate surface area is 227 Å². The number of Topliss-reactive ketones (excluding diaryl/α,β-unsaturated/α-hetero) is 1. The van der Waals surface area contributed by atoms with Gasteiger partial charge in [-0.25, -0.2) is 0 Å². The molecule has 9 heteroatoms. The molecule has 1 aliphatic heterocycles. The predicted octanol–water partition coefficient (Wildman–Crippen LogP) is 4.86. The predicted molar refractivity (Wildman–Crippen MR) is 147 cm³/mol. The molecule has 3 aromatic carbocycles. The molecule has 1 N–H and O–H groups in total. The number of aliphatic hydroxyl groups is 1. The molecule has 202 valence electrons. The molecule has 0 aliphatic carbocycles. The fourth-order valence-corrected chi connectivity index (χ4v) is 4.66. The standard InChI is InChI=1S/C30H31N3O6/c1-20-7-4-8-21(17-20)19-39-25-13-11-22(12-14-25)28(34)26-27(23-9-5-10-24(18-23)33(37)38)32(30(36)29(26)35)16-6-15-31(2)3/h4-5,7-14,17-18,27,34H,6,15-16,19H2,1-3H3/t27-/m1/s1. The van der Waals surface area contributed by atoms with Crippen molar-refractivity contribution in [1.82, 2.24) is 9.80 Å². The minimum Gasteiger partial charge on any atom is -0.507 e. The Kier molecular flexibility index (Phi) is 8.41. The molecular weight excluding hydrogens is 498 g/mol. The average Bonchev–Trinajstić information content (AvgIpc) is 3.17. The summed E-state index contributed by atoms with van der Waals surface area (Å²) in [6, 6.07) is 19.4. The van der Waals surface area contributed by atoms with Crippen molar-refractivity contribution in [2.75, 3.05) is 27.2 Å². The molecule has 4 rings (SSSR count). The third-order valence-corrected chi connectivity index (χ3v) is 6.56. The van der Waals surface area contributed by atoms with Crippen molar-refractivity contribution < 1.29 is 24.4 Å². The van der Waals surface area contributed by atoms with Gasteiger partial charge in [-0.1, -0.05) is 42.0 Å². The minimum absolute atomic E-state index is 0.0984. The summed E-state index contributed by atoms with van der Waals surface area (Å²) in [6.07, 6.45) is 0.582. The molecule has 1 amide bonds. The number of carbonyl (C=O) groups is 2. The third-order valence-electron chi connectivity index (χ3n) is 6.56. The van der Waals surface area contributed by atoms with Crippen LogP contribution in [0.2, 0.25) is 0 Å². The van der Waals surface area contributed by atoms with Crippen LogP contribution in [-0.4, -0.2) is 58.7 Å². The van der Waals surface area contributed by atoms with E-state index in [1.165, 1.54) is 23.1 Å². The lowest BCUT2D eigenvalue weighted by molar-refractivity contribution is -0.384. The van der Waals surface area contributed by atoms with Gasteiger partial charge in [0.2, 0.25) is 0 Å². The van der Waals surface area contributed by atoms with Crippen LogP contribution in [0.25, 0.3) is 5.76 Å². The lowest BCUT2D eigenvalue weighted by Gasteiger charge is -2.25. The Hall–Kier alpha value is -4.50. The van der Waals surface area contributed by atoms with Crippen molar-refractivity contribution >= 4 is 23.1 Å². The highest BCUT2D eigenvalue weighted by Crippen LogP contribution is 2.40. The number of hydrogen-bond acceptors (Lipinski definition) is 7. The number of hydrogen-bond donors (Lipinski definition) is 1. The summed E-state index contributed by atoms with van der Waals surface area (Å²) in [5.41, 5.74) is 2.61.